The predicted octanol–water partition coefficient (Wildman–Crippen LogP) is 2.83. The Hall–Kier alpha value is -1.30. The van der Waals surface area contributed by atoms with Gasteiger partial charge < -0.3 is 20.1 Å². The summed E-state index contributed by atoms with van der Waals surface area (Å²) in [7, 11) is 1.60. The first kappa shape index (κ1) is 18.0. The lowest BCUT2D eigenvalue weighted by molar-refractivity contribution is 0.0669. The standard InChI is InChI=1S/C17H25ClN2O3/c1-17(12-21)7-9-20(10-8-17)16(22)19-11-15(23-2)13-5-3-4-6-14(13)18/h3-6,15,21H,7-12H2,1-2H3,(H,19,22)/t15-/m0/s1. The Bertz CT molecular complexity index is 530. The fraction of sp³-hybridized carbons (Fsp3) is 0.588. The maximum atomic E-state index is 12.3. The minimum absolute atomic E-state index is 0.0661. The van der Waals surface area contributed by atoms with Crippen LogP contribution in [-0.4, -0.2) is 49.4 Å². The van der Waals surface area contributed by atoms with Crippen LogP contribution in [0.2, 0.25) is 5.02 Å². The molecule has 0 radical (unpaired) electrons. The number of methoxy groups -OCH3 is 1. The first-order chi connectivity index (χ1) is 11.0. The molecule has 1 aromatic carbocycles. The Labute approximate surface area is 142 Å². The number of aliphatic hydroxyl groups excluding tert-OH is 1. The number of carbonyl (C=O) groups is 1. The monoisotopic (exact) mass is 340 g/mol. The smallest absolute Gasteiger partial charge is 0.317 e. The van der Waals surface area contributed by atoms with Crippen molar-refractivity contribution in [3.8, 4) is 0 Å². The summed E-state index contributed by atoms with van der Waals surface area (Å²) in [4.78, 5) is 14.1. The summed E-state index contributed by atoms with van der Waals surface area (Å²) >= 11 is 6.18. The third-order valence-electron chi connectivity index (χ3n) is 4.61. The van der Waals surface area contributed by atoms with Crippen LogP contribution < -0.4 is 5.32 Å². The molecule has 0 bridgehead atoms. The van der Waals surface area contributed by atoms with Crippen molar-refractivity contribution in [2.45, 2.75) is 25.9 Å². The third kappa shape index (κ3) is 4.59. The summed E-state index contributed by atoms with van der Waals surface area (Å²) in [6.45, 7) is 3.91. The van der Waals surface area contributed by atoms with E-state index in [9.17, 15) is 9.90 Å². The number of likely N-dealkylation sites (tertiary alicyclic amines) is 1. The summed E-state index contributed by atoms with van der Waals surface area (Å²) in [5.41, 5.74) is 0.798. The third-order valence-corrected chi connectivity index (χ3v) is 4.96. The quantitative estimate of drug-likeness (QED) is 0.866. The number of urea groups is 1. The van der Waals surface area contributed by atoms with Crippen LogP contribution in [0.1, 0.15) is 31.4 Å². The second kappa shape index (κ2) is 7.99. The summed E-state index contributed by atoms with van der Waals surface area (Å²) in [5, 5.41) is 12.9. The molecule has 1 saturated heterocycles. The molecule has 0 aromatic heterocycles. The first-order valence-corrected chi connectivity index (χ1v) is 8.28. The molecule has 0 aliphatic carbocycles. The number of halogens is 1. The molecule has 2 amide bonds. The largest absolute Gasteiger partial charge is 0.396 e. The maximum absolute atomic E-state index is 12.3. The lowest BCUT2D eigenvalue weighted by atomic mass is 9.81. The molecule has 128 valence electrons. The van der Waals surface area contributed by atoms with Crippen molar-refractivity contribution in [3.05, 3.63) is 34.9 Å². The van der Waals surface area contributed by atoms with Crippen molar-refractivity contribution in [3.63, 3.8) is 0 Å². The number of ether oxygens (including phenoxy) is 1. The normalized spacial score (nSPS) is 18.5. The van der Waals surface area contributed by atoms with E-state index in [2.05, 4.69) is 12.2 Å². The molecule has 1 atom stereocenters. The van der Waals surface area contributed by atoms with Crippen LogP contribution >= 0.6 is 11.6 Å². The maximum Gasteiger partial charge on any atom is 0.317 e. The summed E-state index contributed by atoms with van der Waals surface area (Å²) in [6.07, 6.45) is 1.35. The molecular formula is C17H25ClN2O3. The van der Waals surface area contributed by atoms with E-state index in [4.69, 9.17) is 16.3 Å². The molecule has 1 fully saturated rings. The van der Waals surface area contributed by atoms with E-state index in [1.54, 1.807) is 12.0 Å². The van der Waals surface area contributed by atoms with Crippen LogP contribution in [0.5, 0.6) is 0 Å². The summed E-state index contributed by atoms with van der Waals surface area (Å²) in [5.74, 6) is 0. The molecule has 0 spiro atoms. The predicted molar refractivity (Wildman–Crippen MR) is 90.6 cm³/mol. The highest BCUT2D eigenvalue weighted by Crippen LogP contribution is 2.30. The molecule has 1 aliphatic heterocycles. The second-order valence-electron chi connectivity index (χ2n) is 6.39. The van der Waals surface area contributed by atoms with Crippen LogP contribution in [0.3, 0.4) is 0 Å². The van der Waals surface area contributed by atoms with Crippen molar-refractivity contribution in [2.75, 3.05) is 33.4 Å². The minimum Gasteiger partial charge on any atom is -0.396 e. The number of piperidine rings is 1. The number of hydrogen-bond acceptors (Lipinski definition) is 3. The number of benzene rings is 1. The topological polar surface area (TPSA) is 61.8 Å². The Morgan fingerprint density at radius 2 is 2.09 bits per heavy atom. The van der Waals surface area contributed by atoms with Gasteiger partial charge in [-0.1, -0.05) is 36.7 Å². The molecule has 2 rings (SSSR count). The number of carbonyl (C=O) groups excluding carboxylic acids is 1. The number of amides is 2. The van der Waals surface area contributed by atoms with Crippen LogP contribution in [-0.2, 0) is 4.74 Å². The molecule has 0 unspecified atom stereocenters. The van der Waals surface area contributed by atoms with Gasteiger partial charge in [-0.3, -0.25) is 0 Å². The van der Waals surface area contributed by atoms with Gasteiger partial charge in [0.1, 0.15) is 6.10 Å². The van der Waals surface area contributed by atoms with Crippen LogP contribution in [0.4, 0.5) is 4.79 Å². The molecule has 2 N–H and O–H groups in total. The molecule has 23 heavy (non-hydrogen) atoms. The van der Waals surface area contributed by atoms with Gasteiger partial charge in [-0.15, -0.1) is 0 Å². The van der Waals surface area contributed by atoms with E-state index in [-0.39, 0.29) is 24.2 Å². The van der Waals surface area contributed by atoms with E-state index in [0.29, 0.717) is 24.7 Å². The molecule has 1 aliphatic rings. The Balaban J connectivity index is 1.87. The lowest BCUT2D eigenvalue weighted by Crippen LogP contribution is -2.48. The zero-order chi connectivity index (χ0) is 16.9. The highest BCUT2D eigenvalue weighted by Gasteiger charge is 2.31. The zero-order valence-corrected chi connectivity index (χ0v) is 14.5. The fourth-order valence-electron chi connectivity index (χ4n) is 2.76. The van der Waals surface area contributed by atoms with E-state index < -0.39 is 0 Å². The summed E-state index contributed by atoms with van der Waals surface area (Å²) in [6, 6.07) is 7.37. The van der Waals surface area contributed by atoms with Crippen molar-refractivity contribution in [1.82, 2.24) is 10.2 Å². The number of rotatable bonds is 5. The van der Waals surface area contributed by atoms with E-state index in [1.165, 1.54) is 0 Å². The van der Waals surface area contributed by atoms with Crippen LogP contribution in [0.15, 0.2) is 24.3 Å². The number of aliphatic hydroxyl groups is 1. The van der Waals surface area contributed by atoms with E-state index >= 15 is 0 Å². The number of nitrogens with zero attached hydrogens (tertiary/aromatic N) is 1. The fourth-order valence-corrected chi connectivity index (χ4v) is 3.01. The van der Waals surface area contributed by atoms with Gasteiger partial charge >= 0.3 is 6.03 Å². The summed E-state index contributed by atoms with van der Waals surface area (Å²) < 4.78 is 5.45. The highest BCUT2D eigenvalue weighted by atomic mass is 35.5. The molecule has 6 heteroatoms. The van der Waals surface area contributed by atoms with Gasteiger partial charge in [0, 0.05) is 43.9 Å². The van der Waals surface area contributed by atoms with Gasteiger partial charge in [0.25, 0.3) is 0 Å². The van der Waals surface area contributed by atoms with Gasteiger partial charge in [0.15, 0.2) is 0 Å². The molecule has 5 nitrogen and oxygen atoms in total. The zero-order valence-electron chi connectivity index (χ0n) is 13.7. The molecule has 1 heterocycles. The Kier molecular flexibility index (Phi) is 6.27. The van der Waals surface area contributed by atoms with Crippen molar-refractivity contribution in [2.24, 2.45) is 5.41 Å². The average Bonchev–Trinajstić information content (AvgIpc) is 2.57. The SMILES string of the molecule is CO[C@@H](CNC(=O)N1CCC(C)(CO)CC1)c1ccccc1Cl. The van der Waals surface area contributed by atoms with E-state index in [0.717, 1.165) is 18.4 Å². The van der Waals surface area contributed by atoms with Crippen molar-refractivity contribution < 1.29 is 14.6 Å². The number of hydrogen-bond donors (Lipinski definition) is 2. The molecule has 0 saturated carbocycles. The van der Waals surface area contributed by atoms with Crippen molar-refractivity contribution in [1.29, 1.82) is 0 Å². The lowest BCUT2D eigenvalue weighted by Gasteiger charge is -2.38. The van der Waals surface area contributed by atoms with Gasteiger partial charge in [-0.05, 0) is 24.3 Å². The van der Waals surface area contributed by atoms with Gasteiger partial charge in [0.05, 0.1) is 0 Å². The van der Waals surface area contributed by atoms with Gasteiger partial charge in [-0.2, -0.15) is 0 Å². The van der Waals surface area contributed by atoms with Crippen molar-refractivity contribution >= 4 is 17.6 Å². The molecule has 1 aromatic rings. The minimum atomic E-state index is -0.278. The number of nitrogens with one attached hydrogen (secondary N) is 1. The Morgan fingerprint density at radius 3 is 2.65 bits per heavy atom. The van der Waals surface area contributed by atoms with Crippen LogP contribution in [0, 0.1) is 5.41 Å². The van der Waals surface area contributed by atoms with E-state index in [1.807, 2.05) is 24.3 Å². The highest BCUT2D eigenvalue weighted by molar-refractivity contribution is 6.31. The van der Waals surface area contributed by atoms with Crippen LogP contribution in [0.25, 0.3) is 0 Å². The Morgan fingerprint density at radius 1 is 1.43 bits per heavy atom. The molecular weight excluding hydrogens is 316 g/mol. The van der Waals surface area contributed by atoms with Gasteiger partial charge in [0.2, 0.25) is 0 Å². The van der Waals surface area contributed by atoms with Gasteiger partial charge in [-0.25, -0.2) is 4.79 Å². The average molecular weight is 341 g/mol. The first-order valence-electron chi connectivity index (χ1n) is 7.90. The second-order valence-corrected chi connectivity index (χ2v) is 6.79.